The smallest absolute Gasteiger partial charge is 0.263 e. The van der Waals surface area contributed by atoms with Crippen LogP contribution >= 0.6 is 0 Å². The molecule has 39 heavy (non-hydrogen) atoms. The number of nitrogens with one attached hydrogen (secondary N) is 2. The molecule has 3 aromatic rings. The first-order valence-electron chi connectivity index (χ1n) is 13.1. The molecule has 0 radical (unpaired) electrons. The van der Waals surface area contributed by atoms with Crippen molar-refractivity contribution in [3.63, 3.8) is 0 Å². The van der Waals surface area contributed by atoms with Crippen molar-refractivity contribution >= 4 is 27.7 Å². The second-order valence-electron chi connectivity index (χ2n) is 10.0. The lowest BCUT2D eigenvalue weighted by Gasteiger charge is -2.32. The van der Waals surface area contributed by atoms with Gasteiger partial charge in [-0.15, -0.1) is 0 Å². The highest BCUT2D eigenvalue weighted by Gasteiger charge is 2.30. The number of carbonyl (C=O) groups is 2. The van der Waals surface area contributed by atoms with Gasteiger partial charge in [-0.25, -0.2) is 8.42 Å². The first-order chi connectivity index (χ1) is 18.5. The van der Waals surface area contributed by atoms with Gasteiger partial charge in [-0.1, -0.05) is 68.4 Å². The molecule has 1 heterocycles. The van der Waals surface area contributed by atoms with Crippen LogP contribution in [0.2, 0.25) is 0 Å². The largest absolute Gasteiger partial charge is 0.359 e. The van der Waals surface area contributed by atoms with Crippen molar-refractivity contribution in [2.45, 2.75) is 71.4 Å². The van der Waals surface area contributed by atoms with E-state index in [0.717, 1.165) is 5.56 Å². The fourth-order valence-electron chi connectivity index (χ4n) is 4.34. The number of rotatable bonds is 12. The highest BCUT2D eigenvalue weighted by Crippen LogP contribution is 2.30. The van der Waals surface area contributed by atoms with Crippen molar-refractivity contribution in [3.8, 4) is 11.1 Å². The minimum atomic E-state index is -3.95. The Morgan fingerprint density at radius 3 is 2.28 bits per heavy atom. The molecule has 2 amide bonds. The molecule has 0 spiro atoms. The molecule has 10 heteroatoms. The molecule has 0 fully saturated rings. The van der Waals surface area contributed by atoms with E-state index in [1.165, 1.54) is 0 Å². The Hall–Kier alpha value is -3.66. The van der Waals surface area contributed by atoms with Crippen LogP contribution in [0.15, 0.2) is 57.9 Å². The molecule has 0 aliphatic rings. The number of aryl methyl sites for hydroxylation is 1. The number of carbonyl (C=O) groups excluding carboxylic acids is 2. The maximum Gasteiger partial charge on any atom is 0.263 e. The summed E-state index contributed by atoms with van der Waals surface area (Å²) in [6.07, 6.45) is 1.59. The SMILES string of the molecule is CCCC(=O)N(Cc1ccc(-c2ccccc2S(=O)(=O)Nc2noc(C)c2C)cc1)[C@@H](CC(C)C)C(=O)NC. The van der Waals surface area contributed by atoms with Crippen molar-refractivity contribution in [1.82, 2.24) is 15.4 Å². The summed E-state index contributed by atoms with van der Waals surface area (Å²) >= 11 is 0. The molecule has 2 aromatic carbocycles. The molecule has 0 saturated carbocycles. The van der Waals surface area contributed by atoms with Crippen LogP contribution < -0.4 is 10.0 Å². The quantitative estimate of drug-likeness (QED) is 0.323. The molecule has 0 aliphatic carbocycles. The molecule has 210 valence electrons. The van der Waals surface area contributed by atoms with Gasteiger partial charge in [-0.3, -0.25) is 14.3 Å². The maximum atomic E-state index is 13.3. The van der Waals surface area contributed by atoms with Gasteiger partial charge in [-0.2, -0.15) is 0 Å². The second-order valence-corrected chi connectivity index (χ2v) is 11.7. The van der Waals surface area contributed by atoms with Crippen LogP contribution in [0, 0.1) is 19.8 Å². The Balaban J connectivity index is 1.91. The van der Waals surface area contributed by atoms with Gasteiger partial charge in [-0.05, 0) is 49.8 Å². The van der Waals surface area contributed by atoms with E-state index in [1.54, 1.807) is 50.1 Å². The summed E-state index contributed by atoms with van der Waals surface area (Å²) in [4.78, 5) is 27.6. The van der Waals surface area contributed by atoms with Gasteiger partial charge in [0.1, 0.15) is 11.8 Å². The minimum Gasteiger partial charge on any atom is -0.359 e. The number of likely N-dealkylation sites (N-methyl/N-ethyl adjacent to an activating group) is 1. The molecule has 0 saturated heterocycles. The Labute approximate surface area is 231 Å². The number of hydrogen-bond donors (Lipinski definition) is 2. The molecule has 2 N–H and O–H groups in total. The summed E-state index contributed by atoms with van der Waals surface area (Å²) in [6, 6.07) is 13.5. The van der Waals surface area contributed by atoms with E-state index in [9.17, 15) is 18.0 Å². The molecule has 1 aromatic heterocycles. The fraction of sp³-hybridized carbons (Fsp3) is 0.414. The van der Waals surface area contributed by atoms with Crippen LogP contribution in [-0.2, 0) is 26.2 Å². The van der Waals surface area contributed by atoms with Crippen LogP contribution in [0.1, 0.15) is 56.9 Å². The molecule has 0 unspecified atom stereocenters. The average Bonchev–Trinajstić information content (AvgIpc) is 3.22. The molecular weight excluding hydrogens is 516 g/mol. The molecule has 1 atom stereocenters. The normalized spacial score (nSPS) is 12.3. The van der Waals surface area contributed by atoms with E-state index in [1.807, 2.05) is 45.0 Å². The zero-order valence-electron chi connectivity index (χ0n) is 23.4. The first kappa shape index (κ1) is 29.9. The lowest BCUT2D eigenvalue weighted by atomic mass is 9.99. The summed E-state index contributed by atoms with van der Waals surface area (Å²) in [5.41, 5.74) is 2.68. The van der Waals surface area contributed by atoms with E-state index in [0.29, 0.717) is 41.7 Å². The zero-order valence-corrected chi connectivity index (χ0v) is 24.3. The van der Waals surface area contributed by atoms with Gasteiger partial charge in [0, 0.05) is 31.1 Å². The van der Waals surface area contributed by atoms with Gasteiger partial charge < -0.3 is 14.7 Å². The average molecular weight is 555 g/mol. The highest BCUT2D eigenvalue weighted by atomic mass is 32.2. The van der Waals surface area contributed by atoms with Crippen LogP contribution in [0.4, 0.5) is 5.82 Å². The summed E-state index contributed by atoms with van der Waals surface area (Å²) in [7, 11) is -2.37. The fourth-order valence-corrected chi connectivity index (χ4v) is 5.63. The molecule has 3 rings (SSSR count). The van der Waals surface area contributed by atoms with E-state index in [-0.39, 0.29) is 35.0 Å². The second kappa shape index (κ2) is 12.9. The van der Waals surface area contributed by atoms with E-state index < -0.39 is 16.1 Å². The van der Waals surface area contributed by atoms with Crippen molar-refractivity contribution < 1.29 is 22.5 Å². The Bertz CT molecular complexity index is 1400. The summed E-state index contributed by atoms with van der Waals surface area (Å²) in [5, 5.41) is 6.52. The van der Waals surface area contributed by atoms with Gasteiger partial charge in [0.2, 0.25) is 11.8 Å². The Morgan fingerprint density at radius 2 is 1.72 bits per heavy atom. The maximum absolute atomic E-state index is 13.3. The number of aromatic nitrogens is 1. The lowest BCUT2D eigenvalue weighted by molar-refractivity contribution is -0.141. The minimum absolute atomic E-state index is 0.0725. The monoisotopic (exact) mass is 554 g/mol. The summed E-state index contributed by atoms with van der Waals surface area (Å²) in [5.74, 6) is 0.658. The predicted molar refractivity (Wildman–Crippen MR) is 151 cm³/mol. The van der Waals surface area contributed by atoms with Crippen LogP contribution in [0.5, 0.6) is 0 Å². The Morgan fingerprint density at radius 1 is 1.05 bits per heavy atom. The van der Waals surface area contributed by atoms with Gasteiger partial charge >= 0.3 is 0 Å². The number of nitrogens with zero attached hydrogens (tertiary/aromatic N) is 2. The first-order valence-corrected chi connectivity index (χ1v) is 14.6. The topological polar surface area (TPSA) is 122 Å². The van der Waals surface area contributed by atoms with E-state index in [2.05, 4.69) is 15.2 Å². The molecule has 0 aliphatic heterocycles. The van der Waals surface area contributed by atoms with Gasteiger partial charge in [0.15, 0.2) is 5.82 Å². The number of anilines is 1. The number of benzene rings is 2. The van der Waals surface area contributed by atoms with Crippen molar-refractivity contribution in [2.24, 2.45) is 5.92 Å². The molecule has 0 bridgehead atoms. The van der Waals surface area contributed by atoms with Crippen LogP contribution in [0.25, 0.3) is 11.1 Å². The predicted octanol–water partition coefficient (Wildman–Crippen LogP) is 5.05. The number of hydrogen-bond acceptors (Lipinski definition) is 6. The number of amides is 2. The van der Waals surface area contributed by atoms with Crippen LogP contribution in [0.3, 0.4) is 0 Å². The standard InChI is InChI=1S/C29H38N4O5S/c1-7-10-27(34)33(25(17-19(2)3)29(35)30-6)18-22-13-15-23(16-14-22)24-11-8-9-12-26(24)39(36,37)32-28-20(4)21(5)38-31-28/h8-9,11-16,19,25H,7,10,17-18H2,1-6H3,(H,30,35)(H,31,32)/t25-/m0/s1. The zero-order chi connectivity index (χ0) is 28.7. The van der Waals surface area contributed by atoms with Crippen molar-refractivity contribution in [2.75, 3.05) is 11.8 Å². The third-order valence-corrected chi connectivity index (χ3v) is 7.98. The highest BCUT2D eigenvalue weighted by molar-refractivity contribution is 7.92. The molecule has 9 nitrogen and oxygen atoms in total. The number of sulfonamides is 1. The molecular formula is C29H38N4O5S. The summed E-state index contributed by atoms with van der Waals surface area (Å²) in [6.45, 7) is 9.71. The Kier molecular flexibility index (Phi) is 9.91. The third-order valence-electron chi connectivity index (χ3n) is 6.59. The van der Waals surface area contributed by atoms with E-state index in [4.69, 9.17) is 4.52 Å². The van der Waals surface area contributed by atoms with Gasteiger partial charge in [0.25, 0.3) is 10.0 Å². The van der Waals surface area contributed by atoms with E-state index >= 15 is 0 Å². The van der Waals surface area contributed by atoms with Crippen molar-refractivity contribution in [1.29, 1.82) is 0 Å². The van der Waals surface area contributed by atoms with Crippen LogP contribution in [-0.4, -0.2) is 43.4 Å². The summed E-state index contributed by atoms with van der Waals surface area (Å²) < 4.78 is 34.2. The van der Waals surface area contributed by atoms with Gasteiger partial charge in [0.05, 0.1) is 4.90 Å². The third kappa shape index (κ3) is 7.26. The van der Waals surface area contributed by atoms with Crippen molar-refractivity contribution in [3.05, 3.63) is 65.4 Å². The lowest BCUT2D eigenvalue weighted by Crippen LogP contribution is -2.49.